The third-order valence-corrected chi connectivity index (χ3v) is 13.1. The Labute approximate surface area is 375 Å². The Morgan fingerprint density at radius 3 is 2.52 bits per heavy atom. The van der Waals surface area contributed by atoms with E-state index in [1.54, 1.807) is 54.3 Å². The first-order chi connectivity index (χ1) is 31.5. The second kappa shape index (κ2) is 17.9. The number of ether oxygens (including phenoxy) is 4. The number of H-pyrrole nitrogens is 2. The molecule has 4 amide bonds. The molecule has 6 atom stereocenters. The minimum Gasteiger partial charge on any atom is -0.488 e. The summed E-state index contributed by atoms with van der Waals surface area (Å²) in [6, 6.07) is 20.7. The number of amides is 4. The molecule has 17 heteroatoms. The molecule has 1 unspecified atom stereocenters. The molecule has 3 aliphatic rings. The maximum absolute atomic E-state index is 14.2. The van der Waals surface area contributed by atoms with E-state index in [9.17, 15) is 24.3 Å². The second-order valence-corrected chi connectivity index (χ2v) is 17.0. The summed E-state index contributed by atoms with van der Waals surface area (Å²) in [4.78, 5) is 73.9. The Morgan fingerprint density at radius 2 is 1.77 bits per heavy atom. The Morgan fingerprint density at radius 1 is 0.954 bits per heavy atom. The fourth-order valence-corrected chi connectivity index (χ4v) is 9.70. The number of aromatic amines is 2. The van der Waals surface area contributed by atoms with Gasteiger partial charge in [0.15, 0.2) is 0 Å². The summed E-state index contributed by atoms with van der Waals surface area (Å²) in [6.07, 6.45) is 1.33. The van der Waals surface area contributed by atoms with E-state index in [-0.39, 0.29) is 23.8 Å². The number of fused-ring (bicyclic) bond motifs is 6. The summed E-state index contributed by atoms with van der Waals surface area (Å²) in [6.45, 7) is 3.44. The number of alkyl carbamates (subject to hydrolysis) is 1. The van der Waals surface area contributed by atoms with Gasteiger partial charge in [0, 0.05) is 51.2 Å². The van der Waals surface area contributed by atoms with Gasteiger partial charge in [0.1, 0.15) is 36.1 Å². The summed E-state index contributed by atoms with van der Waals surface area (Å²) in [7, 11) is 5.80. The number of rotatable bonds is 12. The van der Waals surface area contributed by atoms with Gasteiger partial charge >= 0.3 is 12.2 Å². The number of nitrogens with one attached hydrogen (secondary N) is 3. The van der Waals surface area contributed by atoms with Gasteiger partial charge in [-0.15, -0.1) is 0 Å². The van der Waals surface area contributed by atoms with Gasteiger partial charge in [-0.2, -0.15) is 0 Å². The number of carboxylic acid groups (broad SMARTS) is 1. The molecule has 4 N–H and O–H groups in total. The standard InChI is InChI=1S/C48H52N8O9/c1-26(63-4)40(53-47(59)64-5)45(57)56-23-27(24-62-3)18-38(56)43-49-22-36(51-43)30-13-15-32-31(19-30)25-65-39-21-33-29(20-34(32)39)14-16-35-41(33)52-44(50-35)37-12-9-17-55(37)46(58)42(54(2)48(60)61)28-10-7-6-8-11-28/h6-8,10-11,13-16,19-22,26-27,37-38,40,42H,9,12,17-18,23-25H2,1-5H3,(H,49,51)(H,50,52)(H,53,59)(H,60,61)/t26?,27-,37-,38-,40-,42+/m0/s1. The highest BCUT2D eigenvalue weighted by molar-refractivity contribution is 6.07. The van der Waals surface area contributed by atoms with Gasteiger partial charge in [-0.05, 0) is 78.1 Å². The van der Waals surface area contributed by atoms with Crippen molar-refractivity contribution in [1.29, 1.82) is 0 Å². The molecule has 2 aromatic heterocycles. The van der Waals surface area contributed by atoms with E-state index in [1.165, 1.54) is 21.3 Å². The van der Waals surface area contributed by atoms with Crippen molar-refractivity contribution in [2.75, 3.05) is 48.1 Å². The van der Waals surface area contributed by atoms with Crippen molar-refractivity contribution in [1.82, 2.24) is 40.0 Å². The van der Waals surface area contributed by atoms with Gasteiger partial charge in [-0.1, -0.05) is 48.5 Å². The van der Waals surface area contributed by atoms with Crippen molar-refractivity contribution in [3.8, 4) is 28.1 Å². The number of aromatic nitrogens is 4. The van der Waals surface area contributed by atoms with Crippen molar-refractivity contribution in [3.63, 3.8) is 0 Å². The number of methoxy groups -OCH3 is 3. The lowest BCUT2D eigenvalue weighted by Gasteiger charge is -2.32. The number of carbonyl (C=O) groups excluding carboxylic acids is 3. The highest BCUT2D eigenvalue weighted by Crippen LogP contribution is 2.44. The molecule has 2 saturated heterocycles. The SMILES string of the molecule is COC[C@H]1C[C@@H](c2ncc(-c3ccc4c(c3)COc3cc5c(ccc6nc([C@@H]7CCCN7C(=O)[C@@H](c7ccccc7)N(C)C(=O)O)[nH]c65)cc3-4)[nH]2)N(C(=O)[C@@H](NC(=O)OC)C(C)OC)C1. The van der Waals surface area contributed by atoms with Crippen LogP contribution in [0.5, 0.6) is 5.75 Å². The van der Waals surface area contributed by atoms with Gasteiger partial charge in [-0.3, -0.25) is 14.5 Å². The molecule has 65 heavy (non-hydrogen) atoms. The molecule has 9 rings (SSSR count). The number of nitrogens with zero attached hydrogens (tertiary/aromatic N) is 5. The van der Waals surface area contributed by atoms with Crippen LogP contribution in [0.15, 0.2) is 79.0 Å². The van der Waals surface area contributed by atoms with Gasteiger partial charge in [0.2, 0.25) is 5.91 Å². The smallest absolute Gasteiger partial charge is 0.407 e. The van der Waals surface area contributed by atoms with Crippen LogP contribution in [0.4, 0.5) is 9.59 Å². The Kier molecular flexibility index (Phi) is 11.9. The lowest BCUT2D eigenvalue weighted by Crippen LogP contribution is -2.54. The van der Waals surface area contributed by atoms with E-state index in [0.29, 0.717) is 56.4 Å². The highest BCUT2D eigenvalue weighted by Gasteiger charge is 2.43. The molecule has 5 heterocycles. The summed E-state index contributed by atoms with van der Waals surface area (Å²) < 4.78 is 22.2. The topological polar surface area (TPSA) is 205 Å². The van der Waals surface area contributed by atoms with Crippen LogP contribution in [0, 0.1) is 5.92 Å². The van der Waals surface area contributed by atoms with E-state index >= 15 is 0 Å². The van der Waals surface area contributed by atoms with Crippen LogP contribution < -0.4 is 10.1 Å². The zero-order valence-corrected chi connectivity index (χ0v) is 36.9. The van der Waals surface area contributed by atoms with Crippen molar-refractivity contribution in [2.45, 2.75) is 63.1 Å². The molecular weight excluding hydrogens is 833 g/mol. The molecule has 0 saturated carbocycles. The molecule has 0 radical (unpaired) electrons. The molecule has 4 aromatic carbocycles. The largest absolute Gasteiger partial charge is 0.488 e. The van der Waals surface area contributed by atoms with Gasteiger partial charge in [0.25, 0.3) is 5.91 Å². The number of carbonyl (C=O) groups is 4. The lowest BCUT2D eigenvalue weighted by atomic mass is 9.92. The summed E-state index contributed by atoms with van der Waals surface area (Å²) >= 11 is 0. The second-order valence-electron chi connectivity index (χ2n) is 17.0. The average Bonchev–Trinajstić information content (AvgIpc) is 4.16. The van der Waals surface area contributed by atoms with Crippen LogP contribution in [0.1, 0.15) is 67.1 Å². The molecule has 0 bridgehead atoms. The van der Waals surface area contributed by atoms with Crippen molar-refractivity contribution in [3.05, 3.63) is 102 Å². The third-order valence-electron chi connectivity index (χ3n) is 13.1. The molecule has 338 valence electrons. The first-order valence-corrected chi connectivity index (χ1v) is 21.7. The first kappa shape index (κ1) is 43.3. The molecule has 0 spiro atoms. The first-order valence-electron chi connectivity index (χ1n) is 21.7. The van der Waals surface area contributed by atoms with Gasteiger partial charge in [-0.25, -0.2) is 19.6 Å². The number of benzene rings is 4. The Bertz CT molecular complexity index is 2770. The van der Waals surface area contributed by atoms with Crippen LogP contribution in [0.2, 0.25) is 0 Å². The zero-order valence-electron chi connectivity index (χ0n) is 36.9. The fourth-order valence-electron chi connectivity index (χ4n) is 9.70. The minimum atomic E-state index is -1.18. The van der Waals surface area contributed by atoms with E-state index < -0.39 is 36.4 Å². The maximum Gasteiger partial charge on any atom is 0.407 e. The summed E-state index contributed by atoms with van der Waals surface area (Å²) in [5, 5.41) is 14.5. The van der Waals surface area contributed by atoms with Crippen LogP contribution in [0.3, 0.4) is 0 Å². The Hall–Kier alpha value is -6.98. The zero-order chi connectivity index (χ0) is 45.5. The highest BCUT2D eigenvalue weighted by atomic mass is 16.5. The molecule has 2 fully saturated rings. The average molecular weight is 885 g/mol. The van der Waals surface area contributed by atoms with Gasteiger partial charge in [0.05, 0.1) is 54.8 Å². The van der Waals surface area contributed by atoms with Crippen LogP contribution >= 0.6 is 0 Å². The molecule has 17 nitrogen and oxygen atoms in total. The number of likely N-dealkylation sites (tertiary alicyclic amines) is 2. The Balaban J connectivity index is 0.971. The maximum atomic E-state index is 14.2. The summed E-state index contributed by atoms with van der Waals surface area (Å²) in [5.74, 6) is 1.50. The van der Waals surface area contributed by atoms with Crippen LogP contribution in [-0.2, 0) is 30.4 Å². The molecule has 6 aromatic rings. The molecule has 3 aliphatic heterocycles. The van der Waals surface area contributed by atoms with E-state index in [0.717, 1.165) is 66.8 Å². The predicted octanol–water partition coefficient (Wildman–Crippen LogP) is 6.98. The quantitative estimate of drug-likeness (QED) is 0.0988. The van der Waals surface area contributed by atoms with Crippen LogP contribution in [-0.4, -0.2) is 124 Å². The monoisotopic (exact) mass is 884 g/mol. The van der Waals surface area contributed by atoms with E-state index in [2.05, 4.69) is 33.5 Å². The van der Waals surface area contributed by atoms with E-state index in [1.807, 2.05) is 30.3 Å². The summed E-state index contributed by atoms with van der Waals surface area (Å²) in [5.41, 5.74) is 6.92. The van der Waals surface area contributed by atoms with E-state index in [4.69, 9.17) is 28.9 Å². The number of likely N-dealkylation sites (N-methyl/N-ethyl adjacent to an activating group) is 1. The fraction of sp³-hybridized carbons (Fsp3) is 0.375. The van der Waals surface area contributed by atoms with Crippen molar-refractivity contribution < 1.29 is 43.2 Å². The number of hydrogen-bond acceptors (Lipinski definition) is 10. The van der Waals surface area contributed by atoms with Crippen molar-refractivity contribution in [2.24, 2.45) is 5.92 Å². The van der Waals surface area contributed by atoms with Crippen LogP contribution in [0.25, 0.3) is 44.2 Å². The van der Waals surface area contributed by atoms with Crippen molar-refractivity contribution >= 4 is 45.8 Å². The number of hydrogen-bond donors (Lipinski definition) is 4. The number of imidazole rings is 2. The van der Waals surface area contributed by atoms with Gasteiger partial charge < -0.3 is 49.1 Å². The molecular formula is C48H52N8O9. The molecule has 0 aliphatic carbocycles. The predicted molar refractivity (Wildman–Crippen MR) is 240 cm³/mol. The third kappa shape index (κ3) is 8.10. The normalized spacial score (nSPS) is 19.3. The lowest BCUT2D eigenvalue weighted by molar-refractivity contribution is -0.138. The minimum absolute atomic E-state index is 0.0589.